The molecule has 2 nitrogen and oxygen atoms in total. The van der Waals surface area contributed by atoms with Crippen LogP contribution in [0, 0.1) is 11.8 Å². The Hall–Kier alpha value is -1.18. The quantitative estimate of drug-likeness (QED) is 0.181. The number of hydrogen-bond donors (Lipinski definition) is 0. The van der Waals surface area contributed by atoms with Crippen molar-refractivity contribution in [3.8, 4) is 11.5 Å². The predicted octanol–water partition coefficient (Wildman–Crippen LogP) is 10.1. The molecule has 0 radical (unpaired) electrons. The monoisotopic (exact) mass is 458 g/mol. The fourth-order valence-electron chi connectivity index (χ4n) is 5.47. The Morgan fingerprint density at radius 3 is 1.52 bits per heavy atom. The second-order valence-corrected chi connectivity index (χ2v) is 10.4. The van der Waals surface area contributed by atoms with Gasteiger partial charge in [-0.3, -0.25) is 0 Å². The summed E-state index contributed by atoms with van der Waals surface area (Å²) in [5, 5.41) is 0. The lowest BCUT2D eigenvalue weighted by Gasteiger charge is -2.31. The molecule has 190 valence electrons. The van der Waals surface area contributed by atoms with Crippen molar-refractivity contribution in [2.75, 3.05) is 13.2 Å². The van der Waals surface area contributed by atoms with Gasteiger partial charge in [-0.1, -0.05) is 117 Å². The summed E-state index contributed by atoms with van der Waals surface area (Å²) in [5.41, 5.74) is 0. The van der Waals surface area contributed by atoms with Gasteiger partial charge in [0.25, 0.3) is 0 Å². The van der Waals surface area contributed by atoms with Gasteiger partial charge in [0.15, 0.2) is 0 Å². The largest absolute Gasteiger partial charge is 0.494 e. The van der Waals surface area contributed by atoms with Gasteiger partial charge in [-0.15, -0.1) is 0 Å². The average molecular weight is 459 g/mol. The third kappa shape index (κ3) is 13.3. The van der Waals surface area contributed by atoms with Crippen LogP contribution in [0.2, 0.25) is 0 Å². The van der Waals surface area contributed by atoms with Crippen molar-refractivity contribution in [3.05, 3.63) is 24.3 Å². The van der Waals surface area contributed by atoms with Gasteiger partial charge in [-0.2, -0.15) is 0 Å². The van der Waals surface area contributed by atoms with Crippen LogP contribution in [0.25, 0.3) is 0 Å². The number of unbranched alkanes of at least 4 members (excludes halogenated alkanes) is 10. The number of hydrogen-bond acceptors (Lipinski definition) is 2. The smallest absolute Gasteiger partial charge is 0.119 e. The summed E-state index contributed by atoms with van der Waals surface area (Å²) in [6.45, 7) is 6.25. The molecule has 0 spiro atoms. The Morgan fingerprint density at radius 2 is 0.970 bits per heavy atom. The van der Waals surface area contributed by atoms with Crippen LogP contribution in [0.15, 0.2) is 24.3 Å². The van der Waals surface area contributed by atoms with E-state index in [9.17, 15) is 0 Å². The highest BCUT2D eigenvalue weighted by Gasteiger charge is 2.24. The van der Waals surface area contributed by atoms with E-state index in [2.05, 4.69) is 38.1 Å². The minimum Gasteiger partial charge on any atom is -0.494 e. The summed E-state index contributed by atoms with van der Waals surface area (Å²) in [7, 11) is 0. The van der Waals surface area contributed by atoms with Crippen LogP contribution in [0.1, 0.15) is 136 Å². The highest BCUT2D eigenvalue weighted by atomic mass is 16.5. The lowest BCUT2D eigenvalue weighted by molar-refractivity contribution is 0.190. The summed E-state index contributed by atoms with van der Waals surface area (Å²) in [5.74, 6) is 3.87. The molecule has 0 bridgehead atoms. The summed E-state index contributed by atoms with van der Waals surface area (Å²) in [6.07, 6.45) is 26.2. The molecule has 0 N–H and O–H groups in total. The molecule has 0 heterocycles. The van der Waals surface area contributed by atoms with Crippen molar-refractivity contribution in [2.24, 2.45) is 11.8 Å². The zero-order chi connectivity index (χ0) is 23.4. The average Bonchev–Trinajstić information content (AvgIpc) is 2.85. The van der Waals surface area contributed by atoms with Gasteiger partial charge in [0.2, 0.25) is 0 Å². The van der Waals surface area contributed by atoms with Gasteiger partial charge in [-0.25, -0.2) is 0 Å². The molecule has 1 aliphatic carbocycles. The number of rotatable bonds is 20. The molecule has 0 aromatic heterocycles. The molecule has 2 atom stereocenters. The van der Waals surface area contributed by atoms with Crippen LogP contribution in [0.3, 0.4) is 0 Å². The van der Waals surface area contributed by atoms with Crippen LogP contribution in [-0.4, -0.2) is 13.2 Å². The first-order valence-corrected chi connectivity index (χ1v) is 14.7. The molecule has 0 saturated heterocycles. The Labute approximate surface area is 206 Å². The third-order valence-corrected chi connectivity index (χ3v) is 7.57. The zero-order valence-electron chi connectivity index (χ0n) is 22.1. The molecule has 1 aliphatic rings. The van der Waals surface area contributed by atoms with Gasteiger partial charge < -0.3 is 9.47 Å². The lowest BCUT2D eigenvalue weighted by atomic mass is 9.74. The molecule has 1 saturated carbocycles. The maximum Gasteiger partial charge on any atom is 0.119 e. The van der Waals surface area contributed by atoms with Crippen molar-refractivity contribution in [1.29, 1.82) is 0 Å². The van der Waals surface area contributed by atoms with Crippen molar-refractivity contribution < 1.29 is 9.47 Å². The normalized spacial score (nSPS) is 18.4. The van der Waals surface area contributed by atoms with E-state index in [-0.39, 0.29) is 0 Å². The van der Waals surface area contributed by atoms with Gasteiger partial charge in [0.1, 0.15) is 11.5 Å². The second-order valence-electron chi connectivity index (χ2n) is 10.4. The number of ether oxygens (including phenoxy) is 2. The van der Waals surface area contributed by atoms with Gasteiger partial charge in [0, 0.05) is 0 Å². The van der Waals surface area contributed by atoms with Gasteiger partial charge in [0.05, 0.1) is 13.2 Å². The van der Waals surface area contributed by atoms with E-state index in [0.717, 1.165) is 43.0 Å². The summed E-state index contributed by atoms with van der Waals surface area (Å²) in [4.78, 5) is 0. The van der Waals surface area contributed by atoms with Crippen molar-refractivity contribution in [1.82, 2.24) is 0 Å². The Kier molecular flexibility index (Phi) is 16.3. The minimum atomic E-state index is 0.829. The molecule has 1 aromatic carbocycles. The summed E-state index contributed by atoms with van der Waals surface area (Å²) >= 11 is 0. The molecule has 0 amide bonds. The standard InChI is InChI=1S/C31H54O2/c1-3-5-7-9-10-12-16-26-32-30-22-24-31(25-23-30)33-27-17-21-29-20-15-14-19-28(29)18-13-11-8-6-4-2/h22-25,28-29H,3-21,26-27H2,1-2H3. The molecular formula is C31H54O2. The van der Waals surface area contributed by atoms with Crippen LogP contribution >= 0.6 is 0 Å². The van der Waals surface area contributed by atoms with E-state index in [0.29, 0.717) is 0 Å². The first-order valence-electron chi connectivity index (χ1n) is 14.7. The fourth-order valence-corrected chi connectivity index (χ4v) is 5.47. The fraction of sp³-hybridized carbons (Fsp3) is 0.806. The van der Waals surface area contributed by atoms with E-state index < -0.39 is 0 Å². The van der Waals surface area contributed by atoms with Crippen LogP contribution in [0.4, 0.5) is 0 Å². The first-order chi connectivity index (χ1) is 16.3. The van der Waals surface area contributed by atoms with Crippen molar-refractivity contribution in [2.45, 2.75) is 136 Å². The predicted molar refractivity (Wildman–Crippen MR) is 143 cm³/mol. The summed E-state index contributed by atoms with van der Waals surface area (Å²) < 4.78 is 12.0. The Morgan fingerprint density at radius 1 is 0.545 bits per heavy atom. The van der Waals surface area contributed by atoms with Gasteiger partial charge >= 0.3 is 0 Å². The molecule has 0 aliphatic heterocycles. The van der Waals surface area contributed by atoms with Crippen LogP contribution in [-0.2, 0) is 0 Å². The second kappa shape index (κ2) is 19.2. The zero-order valence-corrected chi connectivity index (χ0v) is 22.1. The Balaban J connectivity index is 1.53. The summed E-state index contributed by atoms with van der Waals surface area (Å²) in [6, 6.07) is 8.26. The van der Waals surface area contributed by atoms with Crippen LogP contribution in [0.5, 0.6) is 11.5 Å². The highest BCUT2D eigenvalue weighted by molar-refractivity contribution is 5.31. The molecular weight excluding hydrogens is 404 g/mol. The molecule has 33 heavy (non-hydrogen) atoms. The maximum atomic E-state index is 6.05. The van der Waals surface area contributed by atoms with E-state index in [1.54, 1.807) is 0 Å². The third-order valence-electron chi connectivity index (χ3n) is 7.57. The Bertz CT molecular complexity index is 553. The maximum absolute atomic E-state index is 6.05. The lowest BCUT2D eigenvalue weighted by Crippen LogP contribution is -2.20. The highest BCUT2D eigenvalue weighted by Crippen LogP contribution is 2.36. The van der Waals surface area contributed by atoms with E-state index in [4.69, 9.17) is 9.47 Å². The molecule has 2 unspecified atom stereocenters. The molecule has 2 rings (SSSR count). The van der Waals surface area contributed by atoms with Crippen molar-refractivity contribution >= 4 is 0 Å². The van der Waals surface area contributed by atoms with E-state index >= 15 is 0 Å². The SMILES string of the molecule is CCCCCCCCCOc1ccc(OCCCC2CCCCC2CCCCCCC)cc1. The topological polar surface area (TPSA) is 18.5 Å². The first kappa shape index (κ1) is 28.1. The number of benzene rings is 1. The molecule has 1 aromatic rings. The van der Waals surface area contributed by atoms with E-state index in [1.165, 1.54) is 116 Å². The molecule has 1 fully saturated rings. The van der Waals surface area contributed by atoms with E-state index in [1.807, 2.05) is 0 Å². The molecule has 2 heteroatoms. The minimum absolute atomic E-state index is 0.829. The van der Waals surface area contributed by atoms with Crippen molar-refractivity contribution in [3.63, 3.8) is 0 Å². The van der Waals surface area contributed by atoms with Gasteiger partial charge in [-0.05, 0) is 55.4 Å². The van der Waals surface area contributed by atoms with Crippen LogP contribution < -0.4 is 9.47 Å².